The summed E-state index contributed by atoms with van der Waals surface area (Å²) in [7, 11) is 0. The lowest BCUT2D eigenvalue weighted by Gasteiger charge is -1.98. The van der Waals surface area contributed by atoms with E-state index in [2.05, 4.69) is 0 Å². The summed E-state index contributed by atoms with van der Waals surface area (Å²) in [6, 6.07) is -0.134. The van der Waals surface area contributed by atoms with Gasteiger partial charge in [0.15, 0.2) is 0 Å². The van der Waals surface area contributed by atoms with E-state index in [-0.39, 0.29) is 11.0 Å². The van der Waals surface area contributed by atoms with Crippen LogP contribution < -0.4 is 0 Å². The van der Waals surface area contributed by atoms with Gasteiger partial charge in [-0.15, -0.1) is 0 Å². The van der Waals surface area contributed by atoms with E-state index >= 15 is 0 Å². The molecule has 2 atom stereocenters. The van der Waals surface area contributed by atoms with E-state index in [1.54, 1.807) is 0 Å². The summed E-state index contributed by atoms with van der Waals surface area (Å²) in [5.74, 6) is 0.368. The van der Waals surface area contributed by atoms with Crippen molar-refractivity contribution in [3.8, 4) is 0 Å². The maximum absolute atomic E-state index is 10.3. The van der Waals surface area contributed by atoms with Crippen LogP contribution in [-0.2, 0) is 0 Å². The van der Waals surface area contributed by atoms with E-state index < -0.39 is 0 Å². The van der Waals surface area contributed by atoms with Crippen LogP contribution in [0.15, 0.2) is 0 Å². The molecule has 0 aromatic heterocycles. The van der Waals surface area contributed by atoms with Crippen molar-refractivity contribution >= 4 is 0 Å². The summed E-state index contributed by atoms with van der Waals surface area (Å²) in [4.78, 5) is 10.4. The van der Waals surface area contributed by atoms with Gasteiger partial charge in [-0.1, -0.05) is 6.92 Å². The topological polar surface area (TPSA) is 40.3 Å². The van der Waals surface area contributed by atoms with Crippen molar-refractivity contribution < 1.29 is 10.1 Å². The molecule has 1 N–H and O–H groups in total. The van der Waals surface area contributed by atoms with Crippen LogP contribution in [0, 0.1) is 10.8 Å². The quantitative estimate of drug-likeness (QED) is 0.544. The van der Waals surface area contributed by atoms with Crippen LogP contribution in [0.2, 0.25) is 0 Å². The lowest BCUT2D eigenvalue weighted by atomic mass is 10.1. The van der Waals surface area contributed by atoms with Gasteiger partial charge in [-0.2, -0.15) is 0 Å². The minimum atomic E-state index is -0.134. The average molecular weight is 130 g/mol. The first kappa shape index (κ1) is 6.52. The van der Waals surface area contributed by atoms with Gasteiger partial charge in [0.25, 0.3) is 6.04 Å². The lowest BCUT2D eigenvalue weighted by Crippen LogP contribution is -2.23. The monoisotopic (exact) mass is 130 g/mol. The molecule has 0 bridgehead atoms. The molecule has 9 heavy (non-hydrogen) atoms. The number of nitrogens with zero attached hydrogens (tertiary/aromatic N) is 1. The Morgan fingerprint density at radius 1 is 1.56 bits per heavy atom. The van der Waals surface area contributed by atoms with Crippen molar-refractivity contribution in [2.75, 3.05) is 0 Å². The van der Waals surface area contributed by atoms with E-state index in [0.29, 0.717) is 5.92 Å². The summed E-state index contributed by atoms with van der Waals surface area (Å²) in [5.41, 5.74) is 0. The zero-order chi connectivity index (χ0) is 6.85. The van der Waals surface area contributed by atoms with Gasteiger partial charge in [0.1, 0.15) is 0 Å². The molecule has 1 rings (SSSR count). The molecule has 0 aromatic rings. The summed E-state index contributed by atoms with van der Waals surface area (Å²) in [5, 5.41) is 8.50. The molecule has 52 valence electrons. The first-order valence-electron chi connectivity index (χ1n) is 3.37. The molecule has 0 spiro atoms. The van der Waals surface area contributed by atoms with Gasteiger partial charge < -0.3 is 0 Å². The Hall–Kier alpha value is -0.600. The molecule has 2 unspecified atom stereocenters. The van der Waals surface area contributed by atoms with Gasteiger partial charge in [0.05, 0.1) is 4.91 Å². The van der Waals surface area contributed by atoms with E-state index in [1.165, 1.54) is 0 Å². The zero-order valence-electron chi connectivity index (χ0n) is 5.58. The molecule has 0 radical (unpaired) electrons. The molecule has 1 aliphatic carbocycles. The summed E-state index contributed by atoms with van der Waals surface area (Å²) in [6.45, 7) is 2.00. The van der Waals surface area contributed by atoms with Crippen molar-refractivity contribution in [3.05, 3.63) is 4.91 Å². The van der Waals surface area contributed by atoms with Crippen molar-refractivity contribution in [2.45, 2.75) is 32.2 Å². The van der Waals surface area contributed by atoms with Gasteiger partial charge in [-0.3, -0.25) is 0 Å². The van der Waals surface area contributed by atoms with Gasteiger partial charge in [0, 0.05) is 12.3 Å². The van der Waals surface area contributed by atoms with E-state index in [4.69, 9.17) is 5.21 Å². The van der Waals surface area contributed by atoms with Gasteiger partial charge >= 0.3 is 0 Å². The minimum absolute atomic E-state index is 0.109. The second-order valence-electron chi connectivity index (χ2n) is 2.78. The van der Waals surface area contributed by atoms with Gasteiger partial charge in [0.2, 0.25) is 4.92 Å². The number of hydrogen-bond acceptors (Lipinski definition) is 1. The fourth-order valence-electron chi connectivity index (χ4n) is 1.45. The molecule has 0 saturated heterocycles. The molecule has 1 aliphatic rings. The highest BCUT2D eigenvalue weighted by atomic mass is 16.6. The fraction of sp³-hybridized carbons (Fsp3) is 1.00. The average Bonchev–Trinajstić information content (AvgIpc) is 2.13. The van der Waals surface area contributed by atoms with Crippen LogP contribution >= 0.6 is 0 Å². The molecule has 0 heterocycles. The molecule has 0 aromatic carbocycles. The summed E-state index contributed by atoms with van der Waals surface area (Å²) >= 11 is 0. The number of hydrogen-bond donors (Lipinski definition) is 1. The SMILES string of the molecule is CC1CCCC1[N+](=O)O. The Bertz CT molecular complexity index is 124. The maximum atomic E-state index is 10.3. The maximum Gasteiger partial charge on any atom is 0.259 e. The highest BCUT2D eigenvalue weighted by Gasteiger charge is 2.36. The minimum Gasteiger partial charge on any atom is -0.246 e. The lowest BCUT2D eigenvalue weighted by molar-refractivity contribution is -0.818. The Morgan fingerprint density at radius 3 is 2.44 bits per heavy atom. The highest BCUT2D eigenvalue weighted by molar-refractivity contribution is 4.71. The predicted octanol–water partition coefficient (Wildman–Crippen LogP) is 1.34. The van der Waals surface area contributed by atoms with Crippen LogP contribution in [-0.4, -0.2) is 16.2 Å². The fourth-order valence-corrected chi connectivity index (χ4v) is 1.45. The summed E-state index contributed by atoms with van der Waals surface area (Å²) < 4.78 is 0. The van der Waals surface area contributed by atoms with Crippen LogP contribution in [0.4, 0.5) is 0 Å². The smallest absolute Gasteiger partial charge is 0.246 e. The normalized spacial score (nSPS) is 34.8. The zero-order valence-corrected chi connectivity index (χ0v) is 5.58. The van der Waals surface area contributed by atoms with E-state index in [1.807, 2.05) is 6.92 Å². The Balaban J connectivity index is 2.49. The standard InChI is InChI=1S/C6H12NO2/c1-5-3-2-4-6(5)7(8)9/h5-6H,2-4H2,1H3,(H,8,9)/q+1. The third-order valence-corrected chi connectivity index (χ3v) is 2.10. The molecule has 1 fully saturated rings. The molecule has 0 aliphatic heterocycles. The third-order valence-electron chi connectivity index (χ3n) is 2.10. The summed E-state index contributed by atoms with van der Waals surface area (Å²) in [6.07, 6.45) is 3.00. The van der Waals surface area contributed by atoms with Crippen LogP contribution in [0.25, 0.3) is 0 Å². The molecule has 0 amide bonds. The molecule has 1 saturated carbocycles. The first-order chi connectivity index (χ1) is 4.22. The third kappa shape index (κ3) is 1.20. The Morgan fingerprint density at radius 2 is 2.22 bits per heavy atom. The Labute approximate surface area is 54.2 Å². The second kappa shape index (κ2) is 2.33. The van der Waals surface area contributed by atoms with Crippen molar-refractivity contribution in [3.63, 3.8) is 0 Å². The predicted molar refractivity (Wildman–Crippen MR) is 32.2 cm³/mol. The largest absolute Gasteiger partial charge is 0.259 e. The van der Waals surface area contributed by atoms with Gasteiger partial charge in [-0.25, -0.2) is 5.21 Å². The van der Waals surface area contributed by atoms with Gasteiger partial charge in [-0.05, 0) is 12.8 Å². The van der Waals surface area contributed by atoms with Crippen LogP contribution in [0.5, 0.6) is 0 Å². The van der Waals surface area contributed by atoms with E-state index in [9.17, 15) is 4.91 Å². The molecular formula is C6H12NO2+. The van der Waals surface area contributed by atoms with Crippen molar-refractivity contribution in [1.29, 1.82) is 0 Å². The molecular weight excluding hydrogens is 118 g/mol. The highest BCUT2D eigenvalue weighted by Crippen LogP contribution is 2.26. The van der Waals surface area contributed by atoms with Crippen molar-refractivity contribution in [2.24, 2.45) is 5.92 Å². The van der Waals surface area contributed by atoms with Crippen molar-refractivity contribution in [1.82, 2.24) is 0 Å². The molecule has 3 nitrogen and oxygen atoms in total. The Kier molecular flexibility index (Phi) is 1.69. The first-order valence-corrected chi connectivity index (χ1v) is 3.37. The van der Waals surface area contributed by atoms with E-state index in [0.717, 1.165) is 19.3 Å². The number of rotatable bonds is 1. The second-order valence-corrected chi connectivity index (χ2v) is 2.78. The van der Waals surface area contributed by atoms with Crippen LogP contribution in [0.1, 0.15) is 26.2 Å². The molecule has 3 heteroatoms. The van der Waals surface area contributed by atoms with Crippen LogP contribution in [0.3, 0.4) is 0 Å².